The van der Waals surface area contributed by atoms with Crippen LogP contribution < -0.4 is 5.73 Å². The van der Waals surface area contributed by atoms with Gasteiger partial charge < -0.3 is 20.1 Å². The molecule has 10 heteroatoms. The van der Waals surface area contributed by atoms with Crippen molar-refractivity contribution < 1.29 is 37.6 Å². The van der Waals surface area contributed by atoms with Crippen molar-refractivity contribution in [3.05, 3.63) is 36.5 Å². The van der Waals surface area contributed by atoms with Crippen LogP contribution in [0.4, 0.5) is 0 Å². The molecule has 0 aromatic carbocycles. The first-order chi connectivity index (χ1) is 27.3. The number of carbonyl (C=O) groups is 2. The number of unbranched alkanes of at least 4 members (excludes halogenated alkanes) is 24. The SMILES string of the molecule is CC/C=C/C/C=C/C/C=C/CCCCCCCC(=O)O[C@H](COC(=O)CCCCCCCCCCCCCCCCCCCCCC)COP(=O)(O)OCCN. The summed E-state index contributed by atoms with van der Waals surface area (Å²) in [5.74, 6) is -0.841. The zero-order valence-electron chi connectivity index (χ0n) is 36.1. The van der Waals surface area contributed by atoms with E-state index >= 15 is 0 Å². The van der Waals surface area contributed by atoms with Gasteiger partial charge in [0.15, 0.2) is 6.10 Å². The summed E-state index contributed by atoms with van der Waals surface area (Å²) >= 11 is 0. The van der Waals surface area contributed by atoms with Crippen LogP contribution >= 0.6 is 7.82 Å². The minimum Gasteiger partial charge on any atom is -0.462 e. The van der Waals surface area contributed by atoms with Crippen molar-refractivity contribution in [3.63, 3.8) is 0 Å². The lowest BCUT2D eigenvalue weighted by Gasteiger charge is -2.19. The van der Waals surface area contributed by atoms with Crippen molar-refractivity contribution in [1.29, 1.82) is 0 Å². The van der Waals surface area contributed by atoms with Crippen LogP contribution in [-0.2, 0) is 32.7 Å². The predicted octanol–water partition coefficient (Wildman–Crippen LogP) is 13.3. The lowest BCUT2D eigenvalue weighted by molar-refractivity contribution is -0.161. The summed E-state index contributed by atoms with van der Waals surface area (Å²) in [5.41, 5.74) is 5.35. The number of ether oxygens (including phenoxy) is 2. The zero-order chi connectivity index (χ0) is 41.1. The van der Waals surface area contributed by atoms with Gasteiger partial charge >= 0.3 is 19.8 Å². The van der Waals surface area contributed by atoms with Gasteiger partial charge in [-0.05, 0) is 44.9 Å². The number of phosphoric ester groups is 1. The Bertz CT molecular complexity index is 1020. The lowest BCUT2D eigenvalue weighted by atomic mass is 10.0. The van der Waals surface area contributed by atoms with Crippen LogP contribution in [0.25, 0.3) is 0 Å². The van der Waals surface area contributed by atoms with Crippen molar-refractivity contribution >= 4 is 19.8 Å². The first-order valence-corrected chi connectivity index (χ1v) is 24.5. The van der Waals surface area contributed by atoms with Gasteiger partial charge in [-0.1, -0.05) is 192 Å². The predicted molar refractivity (Wildman–Crippen MR) is 234 cm³/mol. The first-order valence-electron chi connectivity index (χ1n) is 23.0. The molecule has 0 aliphatic rings. The maximum atomic E-state index is 12.6. The molecule has 9 nitrogen and oxygen atoms in total. The fourth-order valence-electron chi connectivity index (χ4n) is 6.41. The molecule has 0 spiro atoms. The molecule has 3 N–H and O–H groups in total. The molecule has 56 heavy (non-hydrogen) atoms. The number of esters is 2. The Morgan fingerprint density at radius 1 is 0.554 bits per heavy atom. The molecule has 0 radical (unpaired) electrons. The highest BCUT2D eigenvalue weighted by Crippen LogP contribution is 2.43. The normalized spacial score (nSPS) is 13.6. The standard InChI is InChI=1S/C46H86NO8P/c1-3-5-7-9-11-13-15-17-19-20-21-22-23-25-26-28-30-32-34-36-38-45(48)52-42-44(43-54-56(50,51)53-41-40-47)55-46(49)39-37-35-33-31-29-27-24-18-16-14-12-10-8-6-4-2/h6,8,12,14,18,24,44H,3-5,7,9-11,13,15-17,19-23,25-43,47H2,1-2H3,(H,50,51)/b8-6+,14-12+,24-18+/t44-/m1/s1. The van der Waals surface area contributed by atoms with Crippen LogP contribution in [-0.4, -0.2) is 49.3 Å². The number of allylic oxidation sites excluding steroid dienone is 6. The molecule has 0 aromatic rings. The van der Waals surface area contributed by atoms with Gasteiger partial charge in [0.1, 0.15) is 6.61 Å². The number of nitrogens with two attached hydrogens (primary N) is 1. The molecule has 0 saturated heterocycles. The Hall–Kier alpha value is -1.77. The van der Waals surface area contributed by atoms with Crippen molar-refractivity contribution in [2.75, 3.05) is 26.4 Å². The van der Waals surface area contributed by atoms with E-state index in [0.717, 1.165) is 70.6 Å². The molecule has 0 fully saturated rings. The minimum absolute atomic E-state index is 0.0508. The second-order valence-corrected chi connectivity index (χ2v) is 16.7. The van der Waals surface area contributed by atoms with Crippen LogP contribution in [0.5, 0.6) is 0 Å². The fraction of sp³-hybridized carbons (Fsp3) is 0.826. The third-order valence-corrected chi connectivity index (χ3v) is 10.8. The molecule has 0 aliphatic heterocycles. The number of phosphoric acid groups is 1. The van der Waals surface area contributed by atoms with Crippen LogP contribution in [0.2, 0.25) is 0 Å². The summed E-state index contributed by atoms with van der Waals surface area (Å²) < 4.78 is 32.8. The molecule has 0 bridgehead atoms. The third kappa shape index (κ3) is 41.9. The molecule has 0 aromatic heterocycles. The summed E-state index contributed by atoms with van der Waals surface area (Å²) in [4.78, 5) is 34.9. The van der Waals surface area contributed by atoms with E-state index in [-0.39, 0.29) is 38.6 Å². The van der Waals surface area contributed by atoms with Gasteiger partial charge in [-0.3, -0.25) is 18.6 Å². The van der Waals surface area contributed by atoms with Crippen LogP contribution in [0, 0.1) is 0 Å². The molecule has 0 heterocycles. The van der Waals surface area contributed by atoms with Crippen LogP contribution in [0.3, 0.4) is 0 Å². The summed E-state index contributed by atoms with van der Waals surface area (Å²) in [6, 6.07) is 0. The van der Waals surface area contributed by atoms with Gasteiger partial charge in [-0.2, -0.15) is 0 Å². The highest BCUT2D eigenvalue weighted by atomic mass is 31.2. The van der Waals surface area contributed by atoms with E-state index in [9.17, 15) is 19.0 Å². The van der Waals surface area contributed by atoms with Crippen molar-refractivity contribution in [1.82, 2.24) is 0 Å². The zero-order valence-corrected chi connectivity index (χ0v) is 37.0. The van der Waals surface area contributed by atoms with E-state index in [4.69, 9.17) is 24.3 Å². The second-order valence-electron chi connectivity index (χ2n) is 15.2. The molecular weight excluding hydrogens is 725 g/mol. The molecular formula is C46H86NO8P. The first kappa shape index (κ1) is 54.2. The van der Waals surface area contributed by atoms with E-state index in [2.05, 4.69) is 50.3 Å². The van der Waals surface area contributed by atoms with Crippen molar-refractivity contribution in [2.24, 2.45) is 5.73 Å². The average molecular weight is 812 g/mol. The number of hydrogen-bond acceptors (Lipinski definition) is 8. The van der Waals surface area contributed by atoms with Gasteiger partial charge in [0.2, 0.25) is 0 Å². The van der Waals surface area contributed by atoms with Gasteiger partial charge in [0, 0.05) is 19.4 Å². The van der Waals surface area contributed by atoms with E-state index < -0.39 is 26.5 Å². The van der Waals surface area contributed by atoms with Crippen LogP contribution in [0.1, 0.15) is 213 Å². The smallest absolute Gasteiger partial charge is 0.462 e. The molecule has 0 rings (SSSR count). The molecule has 328 valence electrons. The Balaban J connectivity index is 4.08. The van der Waals surface area contributed by atoms with E-state index in [1.54, 1.807) is 0 Å². The topological polar surface area (TPSA) is 134 Å². The van der Waals surface area contributed by atoms with Crippen molar-refractivity contribution in [3.8, 4) is 0 Å². The Kier molecular flexibility index (Phi) is 41.5. The number of rotatable bonds is 43. The minimum atomic E-state index is -4.38. The average Bonchev–Trinajstić information content (AvgIpc) is 3.18. The summed E-state index contributed by atoms with van der Waals surface area (Å²) in [6.07, 6.45) is 47.5. The Morgan fingerprint density at radius 3 is 1.46 bits per heavy atom. The van der Waals surface area contributed by atoms with Gasteiger partial charge in [-0.15, -0.1) is 0 Å². The molecule has 0 aliphatic carbocycles. The summed E-state index contributed by atoms with van der Waals surface area (Å²) in [5, 5.41) is 0. The number of carbonyl (C=O) groups excluding carboxylic acids is 2. The molecule has 0 amide bonds. The van der Waals surface area contributed by atoms with E-state index in [1.165, 1.54) is 109 Å². The van der Waals surface area contributed by atoms with Crippen LogP contribution in [0.15, 0.2) is 36.5 Å². The Labute approximate surface area is 344 Å². The van der Waals surface area contributed by atoms with Gasteiger partial charge in [0.05, 0.1) is 13.2 Å². The monoisotopic (exact) mass is 812 g/mol. The van der Waals surface area contributed by atoms with Gasteiger partial charge in [-0.25, -0.2) is 4.57 Å². The summed E-state index contributed by atoms with van der Waals surface area (Å²) in [7, 11) is -4.38. The summed E-state index contributed by atoms with van der Waals surface area (Å²) in [6.45, 7) is 3.62. The quantitative estimate of drug-likeness (QED) is 0.0267. The van der Waals surface area contributed by atoms with Crippen molar-refractivity contribution in [2.45, 2.75) is 219 Å². The number of hydrogen-bond donors (Lipinski definition) is 2. The molecule has 2 atom stereocenters. The van der Waals surface area contributed by atoms with Gasteiger partial charge in [0.25, 0.3) is 0 Å². The molecule has 1 unspecified atom stereocenters. The lowest BCUT2D eigenvalue weighted by Crippen LogP contribution is -2.29. The van der Waals surface area contributed by atoms with E-state index in [0.29, 0.717) is 6.42 Å². The largest absolute Gasteiger partial charge is 0.472 e. The highest BCUT2D eigenvalue weighted by molar-refractivity contribution is 7.47. The Morgan fingerprint density at radius 2 is 0.982 bits per heavy atom. The maximum absolute atomic E-state index is 12.6. The molecule has 0 saturated carbocycles. The fourth-order valence-corrected chi connectivity index (χ4v) is 7.18. The highest BCUT2D eigenvalue weighted by Gasteiger charge is 2.26. The maximum Gasteiger partial charge on any atom is 0.472 e. The van der Waals surface area contributed by atoms with E-state index in [1.807, 2.05) is 0 Å². The second kappa shape index (κ2) is 42.8. The third-order valence-electron chi connectivity index (χ3n) is 9.79.